The van der Waals surface area contributed by atoms with Gasteiger partial charge in [0.05, 0.1) is 10.0 Å². The first kappa shape index (κ1) is 24.0. The molecule has 1 rings (SSSR count). The lowest BCUT2D eigenvalue weighted by atomic mass is 10.0. The van der Waals surface area contributed by atoms with Gasteiger partial charge in [-0.05, 0) is 36.0 Å². The van der Waals surface area contributed by atoms with Gasteiger partial charge >= 0.3 is 12.0 Å². The van der Waals surface area contributed by atoms with Gasteiger partial charge in [-0.25, -0.2) is 9.59 Å². The van der Waals surface area contributed by atoms with Gasteiger partial charge in [-0.15, -0.1) is 0 Å². The van der Waals surface area contributed by atoms with Crippen LogP contribution in [-0.2, 0) is 16.1 Å². The van der Waals surface area contributed by atoms with Crippen LogP contribution in [0, 0.1) is 11.8 Å². The molecule has 0 saturated heterocycles. The first-order valence-electron chi connectivity index (χ1n) is 9.02. The number of amides is 3. The molecule has 0 fully saturated rings. The fraction of sp³-hybridized carbons (Fsp3) is 0.526. The topological polar surface area (TPSA) is 108 Å². The van der Waals surface area contributed by atoms with Crippen molar-refractivity contribution in [1.82, 2.24) is 16.0 Å². The van der Waals surface area contributed by atoms with Crippen molar-refractivity contribution in [3.63, 3.8) is 0 Å². The molecule has 7 nitrogen and oxygen atoms in total. The van der Waals surface area contributed by atoms with E-state index < -0.39 is 30.0 Å². The predicted octanol–water partition coefficient (Wildman–Crippen LogP) is 3.43. The molecule has 0 aliphatic heterocycles. The smallest absolute Gasteiger partial charge is 0.326 e. The van der Waals surface area contributed by atoms with E-state index in [4.69, 9.17) is 23.2 Å². The molecule has 0 unspecified atom stereocenters. The van der Waals surface area contributed by atoms with Crippen molar-refractivity contribution >= 4 is 41.1 Å². The van der Waals surface area contributed by atoms with Crippen LogP contribution >= 0.6 is 23.2 Å². The lowest BCUT2D eigenvalue weighted by Crippen LogP contribution is -2.54. The Hall–Kier alpha value is -1.99. The zero-order valence-corrected chi connectivity index (χ0v) is 17.9. The minimum absolute atomic E-state index is 0.119. The van der Waals surface area contributed by atoms with Gasteiger partial charge in [0.15, 0.2) is 0 Å². The molecule has 156 valence electrons. The average Bonchev–Trinajstić information content (AvgIpc) is 2.58. The first-order chi connectivity index (χ1) is 13.0. The van der Waals surface area contributed by atoms with Crippen LogP contribution in [-0.4, -0.2) is 35.1 Å². The summed E-state index contributed by atoms with van der Waals surface area (Å²) in [5.74, 6) is -1.81. The van der Waals surface area contributed by atoms with Crippen LogP contribution in [0.5, 0.6) is 0 Å². The molecule has 0 bridgehead atoms. The van der Waals surface area contributed by atoms with Crippen LogP contribution < -0.4 is 16.0 Å². The zero-order chi connectivity index (χ0) is 21.4. The van der Waals surface area contributed by atoms with Crippen LogP contribution in [0.25, 0.3) is 0 Å². The standard InChI is InChI=1S/C19H27Cl2N3O4/c1-10(2)7-15(17(25)24-16(11(3)4)18(26)27)23-19(28)22-9-12-5-6-13(20)14(21)8-12/h5-6,8,10-11,15-16H,7,9H2,1-4H3,(H,24,25)(H,26,27)(H2,22,23,28)/t15-,16+/m0/s1. The van der Waals surface area contributed by atoms with Gasteiger partial charge in [0.2, 0.25) is 5.91 Å². The monoisotopic (exact) mass is 431 g/mol. The Balaban J connectivity index is 2.73. The SMILES string of the molecule is CC(C)C[C@H](NC(=O)NCc1ccc(Cl)c(Cl)c1)C(=O)N[C@@H](C(=O)O)C(C)C. The lowest BCUT2D eigenvalue weighted by molar-refractivity contribution is -0.143. The summed E-state index contributed by atoms with van der Waals surface area (Å²) in [5, 5.41) is 17.8. The Labute approximate surface area is 175 Å². The number of aliphatic carboxylic acids is 1. The number of benzene rings is 1. The third kappa shape index (κ3) is 7.94. The molecule has 0 aromatic heterocycles. The first-order valence-corrected chi connectivity index (χ1v) is 9.78. The molecule has 3 amide bonds. The highest BCUT2D eigenvalue weighted by Crippen LogP contribution is 2.22. The number of rotatable bonds is 9. The third-order valence-corrected chi connectivity index (χ3v) is 4.74. The Kier molecular flexibility index (Phi) is 9.55. The van der Waals surface area contributed by atoms with Crippen molar-refractivity contribution in [2.45, 2.75) is 52.7 Å². The van der Waals surface area contributed by atoms with Crippen molar-refractivity contribution in [1.29, 1.82) is 0 Å². The van der Waals surface area contributed by atoms with Crippen molar-refractivity contribution in [3.05, 3.63) is 33.8 Å². The molecule has 9 heteroatoms. The van der Waals surface area contributed by atoms with Crippen LogP contribution in [0.4, 0.5) is 4.79 Å². The second-order valence-electron chi connectivity index (χ2n) is 7.33. The highest BCUT2D eigenvalue weighted by molar-refractivity contribution is 6.42. The van der Waals surface area contributed by atoms with Crippen molar-refractivity contribution in [2.24, 2.45) is 11.8 Å². The van der Waals surface area contributed by atoms with E-state index in [1.54, 1.807) is 32.0 Å². The molecule has 2 atom stereocenters. The van der Waals surface area contributed by atoms with Gasteiger partial charge in [0.1, 0.15) is 12.1 Å². The molecule has 0 aliphatic carbocycles. The van der Waals surface area contributed by atoms with Gasteiger partial charge in [0, 0.05) is 6.54 Å². The minimum Gasteiger partial charge on any atom is -0.480 e. The fourth-order valence-electron chi connectivity index (χ4n) is 2.51. The Morgan fingerprint density at radius 2 is 1.68 bits per heavy atom. The second kappa shape index (κ2) is 11.1. The number of carboxylic acids is 1. The minimum atomic E-state index is -1.12. The summed E-state index contributed by atoms with van der Waals surface area (Å²) in [6.45, 7) is 7.42. The maximum Gasteiger partial charge on any atom is 0.326 e. The zero-order valence-electron chi connectivity index (χ0n) is 16.4. The predicted molar refractivity (Wildman–Crippen MR) is 109 cm³/mol. The van der Waals surface area contributed by atoms with Gasteiger partial charge in [-0.2, -0.15) is 0 Å². The summed E-state index contributed by atoms with van der Waals surface area (Å²) in [6.07, 6.45) is 0.371. The molecule has 0 radical (unpaired) electrons. The molecule has 28 heavy (non-hydrogen) atoms. The van der Waals surface area contributed by atoms with E-state index in [-0.39, 0.29) is 18.4 Å². The Morgan fingerprint density at radius 1 is 1.04 bits per heavy atom. The molecule has 0 aliphatic rings. The molecule has 0 heterocycles. The van der Waals surface area contributed by atoms with E-state index in [2.05, 4.69) is 16.0 Å². The van der Waals surface area contributed by atoms with Crippen LogP contribution in [0.2, 0.25) is 10.0 Å². The highest BCUT2D eigenvalue weighted by atomic mass is 35.5. The van der Waals surface area contributed by atoms with E-state index in [0.717, 1.165) is 5.56 Å². The number of nitrogens with one attached hydrogen (secondary N) is 3. The summed E-state index contributed by atoms with van der Waals surface area (Å²) in [7, 11) is 0. The molecule has 0 saturated carbocycles. The van der Waals surface area contributed by atoms with Gasteiger partial charge in [0.25, 0.3) is 0 Å². The van der Waals surface area contributed by atoms with Crippen molar-refractivity contribution in [3.8, 4) is 0 Å². The quantitative estimate of drug-likeness (QED) is 0.480. The summed E-state index contributed by atoms with van der Waals surface area (Å²) >= 11 is 11.8. The maximum atomic E-state index is 12.5. The summed E-state index contributed by atoms with van der Waals surface area (Å²) in [5.41, 5.74) is 0.750. The molecular weight excluding hydrogens is 405 g/mol. The normalized spacial score (nSPS) is 13.1. The van der Waals surface area contributed by atoms with E-state index in [9.17, 15) is 19.5 Å². The van der Waals surface area contributed by atoms with Crippen LogP contribution in [0.15, 0.2) is 18.2 Å². The molecular formula is C19H27Cl2N3O4. The van der Waals surface area contributed by atoms with Crippen LogP contribution in [0.1, 0.15) is 39.7 Å². The number of carbonyl (C=O) groups excluding carboxylic acids is 2. The number of carbonyl (C=O) groups is 3. The van der Waals surface area contributed by atoms with Gasteiger partial charge < -0.3 is 21.1 Å². The summed E-state index contributed by atoms with van der Waals surface area (Å²) in [4.78, 5) is 36.1. The Bertz CT molecular complexity index is 710. The van der Waals surface area contributed by atoms with E-state index >= 15 is 0 Å². The number of halogens is 2. The van der Waals surface area contributed by atoms with E-state index in [1.165, 1.54) is 0 Å². The Morgan fingerprint density at radius 3 is 2.18 bits per heavy atom. The largest absolute Gasteiger partial charge is 0.480 e. The number of hydrogen-bond donors (Lipinski definition) is 4. The van der Waals surface area contributed by atoms with Crippen LogP contribution in [0.3, 0.4) is 0 Å². The van der Waals surface area contributed by atoms with Crippen molar-refractivity contribution < 1.29 is 19.5 Å². The van der Waals surface area contributed by atoms with Gasteiger partial charge in [-0.1, -0.05) is 57.0 Å². The number of hydrogen-bond acceptors (Lipinski definition) is 3. The fourth-order valence-corrected chi connectivity index (χ4v) is 2.83. The molecule has 1 aromatic carbocycles. The van der Waals surface area contributed by atoms with E-state index in [1.807, 2.05) is 13.8 Å². The molecule has 1 aromatic rings. The summed E-state index contributed by atoms with van der Waals surface area (Å²) in [6, 6.07) is 2.59. The maximum absolute atomic E-state index is 12.5. The number of urea groups is 1. The number of carboxylic acid groups (broad SMARTS) is 1. The van der Waals surface area contributed by atoms with Crippen molar-refractivity contribution in [2.75, 3.05) is 0 Å². The van der Waals surface area contributed by atoms with Gasteiger partial charge in [-0.3, -0.25) is 4.79 Å². The average molecular weight is 432 g/mol. The second-order valence-corrected chi connectivity index (χ2v) is 8.14. The lowest BCUT2D eigenvalue weighted by Gasteiger charge is -2.24. The third-order valence-electron chi connectivity index (χ3n) is 4.00. The molecule has 0 spiro atoms. The summed E-state index contributed by atoms with van der Waals surface area (Å²) < 4.78 is 0. The highest BCUT2D eigenvalue weighted by Gasteiger charge is 2.28. The van der Waals surface area contributed by atoms with E-state index in [0.29, 0.717) is 16.5 Å². The molecule has 4 N–H and O–H groups in total.